The summed E-state index contributed by atoms with van der Waals surface area (Å²) in [7, 11) is 0. The molecule has 7 nitrogen and oxygen atoms in total. The van der Waals surface area contributed by atoms with E-state index in [1.807, 2.05) is 0 Å². The lowest BCUT2D eigenvalue weighted by molar-refractivity contribution is 0.357. The first-order valence-corrected chi connectivity index (χ1v) is 11.0. The molecule has 9 heteroatoms. The second-order valence-corrected chi connectivity index (χ2v) is 8.48. The van der Waals surface area contributed by atoms with E-state index >= 15 is 0 Å². The zero-order valence-electron chi connectivity index (χ0n) is 18.4. The van der Waals surface area contributed by atoms with Crippen molar-refractivity contribution in [1.82, 2.24) is 0 Å². The van der Waals surface area contributed by atoms with Crippen molar-refractivity contribution in [2.75, 3.05) is 6.61 Å². The molecule has 0 saturated heterocycles. The van der Waals surface area contributed by atoms with Gasteiger partial charge in [0.15, 0.2) is 0 Å². The number of fused-ring (bicyclic) bond motifs is 3. The first-order chi connectivity index (χ1) is 17.3. The summed E-state index contributed by atoms with van der Waals surface area (Å²) in [5.41, 5.74) is -1.87. The van der Waals surface area contributed by atoms with E-state index < -0.39 is 51.4 Å². The third-order valence-corrected chi connectivity index (χ3v) is 6.37. The second-order valence-electron chi connectivity index (χ2n) is 8.48. The Labute approximate surface area is 200 Å². The predicted molar refractivity (Wildman–Crippen MR) is 125 cm³/mol. The first kappa shape index (κ1) is 21.8. The molecule has 36 heavy (non-hydrogen) atoms. The molecule has 0 fully saturated rings. The van der Waals surface area contributed by atoms with Crippen molar-refractivity contribution in [2.24, 2.45) is 0 Å². The summed E-state index contributed by atoms with van der Waals surface area (Å²) in [5.74, 6) is -3.41. The molecular formula is C27H16F2O7. The van der Waals surface area contributed by atoms with Gasteiger partial charge < -0.3 is 23.8 Å². The average Bonchev–Trinajstić information content (AvgIpc) is 3.32. The van der Waals surface area contributed by atoms with Gasteiger partial charge in [-0.3, -0.25) is 0 Å². The summed E-state index contributed by atoms with van der Waals surface area (Å²) < 4.78 is 44.2. The van der Waals surface area contributed by atoms with Crippen LogP contribution in [0.15, 0.2) is 73.0 Å². The molecule has 0 saturated carbocycles. The number of hydrogen-bond acceptors (Lipinski definition) is 7. The van der Waals surface area contributed by atoms with Crippen LogP contribution in [-0.2, 0) is 6.42 Å². The van der Waals surface area contributed by atoms with Gasteiger partial charge in [0.05, 0.1) is 34.4 Å². The number of rotatable bonds is 3. The Morgan fingerprint density at radius 1 is 0.750 bits per heavy atom. The lowest BCUT2D eigenvalue weighted by Gasteiger charge is -2.20. The van der Waals surface area contributed by atoms with E-state index in [-0.39, 0.29) is 21.9 Å². The average molecular weight is 490 g/mol. The van der Waals surface area contributed by atoms with E-state index in [1.54, 1.807) is 18.2 Å². The molecule has 0 radical (unpaired) electrons. The van der Waals surface area contributed by atoms with E-state index in [2.05, 4.69) is 0 Å². The highest BCUT2D eigenvalue weighted by atomic mass is 19.1. The second kappa shape index (κ2) is 7.94. The van der Waals surface area contributed by atoms with Gasteiger partial charge in [-0.05, 0) is 53.6 Å². The van der Waals surface area contributed by atoms with Gasteiger partial charge in [-0.1, -0.05) is 12.1 Å². The van der Waals surface area contributed by atoms with Gasteiger partial charge >= 0.3 is 11.3 Å². The zero-order chi connectivity index (χ0) is 25.1. The Balaban J connectivity index is 1.72. The minimum absolute atomic E-state index is 0.0689. The first-order valence-electron chi connectivity index (χ1n) is 11.0. The maximum atomic E-state index is 14.0. The molecule has 0 aliphatic carbocycles. The van der Waals surface area contributed by atoms with E-state index in [4.69, 9.17) is 13.6 Å². The lowest BCUT2D eigenvalue weighted by Crippen LogP contribution is -2.21. The Morgan fingerprint density at radius 3 is 1.86 bits per heavy atom. The smallest absolute Gasteiger partial charge is 0.344 e. The van der Waals surface area contributed by atoms with Crippen LogP contribution in [0.5, 0.6) is 17.2 Å². The Hall–Kier alpha value is -4.66. The lowest BCUT2D eigenvalue weighted by atomic mass is 9.84. The highest BCUT2D eigenvalue weighted by Gasteiger charge is 2.33. The van der Waals surface area contributed by atoms with Crippen LogP contribution in [-0.4, -0.2) is 16.8 Å². The molecule has 5 aromatic rings. The van der Waals surface area contributed by atoms with Gasteiger partial charge in [-0.2, -0.15) is 0 Å². The topological polar surface area (TPSA) is 110 Å². The number of ether oxygens (including phenoxy) is 1. The van der Waals surface area contributed by atoms with Crippen molar-refractivity contribution in [3.8, 4) is 17.2 Å². The van der Waals surface area contributed by atoms with Crippen molar-refractivity contribution in [3.63, 3.8) is 0 Å². The van der Waals surface area contributed by atoms with Gasteiger partial charge in [-0.25, -0.2) is 18.4 Å². The predicted octanol–water partition coefficient (Wildman–Crippen LogP) is 4.70. The van der Waals surface area contributed by atoms with E-state index in [9.17, 15) is 28.6 Å². The zero-order valence-corrected chi connectivity index (χ0v) is 18.4. The van der Waals surface area contributed by atoms with Crippen LogP contribution in [0.2, 0.25) is 0 Å². The van der Waals surface area contributed by atoms with Gasteiger partial charge in [0.1, 0.15) is 40.0 Å². The Kier molecular flexibility index (Phi) is 4.82. The molecule has 6 rings (SSSR count). The van der Waals surface area contributed by atoms with E-state index in [0.29, 0.717) is 24.3 Å². The van der Waals surface area contributed by atoms with Crippen LogP contribution in [0, 0.1) is 11.6 Å². The third-order valence-electron chi connectivity index (χ3n) is 6.37. The van der Waals surface area contributed by atoms with E-state index in [1.165, 1.54) is 12.1 Å². The summed E-state index contributed by atoms with van der Waals surface area (Å²) in [6.45, 7) is 0.439. The molecular weight excluding hydrogens is 474 g/mol. The molecule has 3 heterocycles. The third kappa shape index (κ3) is 3.31. The van der Waals surface area contributed by atoms with Crippen LogP contribution in [0.4, 0.5) is 8.78 Å². The normalized spacial score (nSPS) is 12.9. The SMILES string of the molecule is O=c1oc2ccc(F)cc2c(O)c1C(c1ccc2c(c1)CCO2)c1c(O)c2cc(F)ccc2oc1=O. The highest BCUT2D eigenvalue weighted by Crippen LogP contribution is 2.43. The summed E-state index contributed by atoms with van der Waals surface area (Å²) in [6.07, 6.45) is 0.558. The minimum Gasteiger partial charge on any atom is -0.507 e. The summed E-state index contributed by atoms with van der Waals surface area (Å²) in [5, 5.41) is 22.1. The molecule has 180 valence electrons. The quantitative estimate of drug-likeness (QED) is 0.353. The maximum absolute atomic E-state index is 14.0. The van der Waals surface area contributed by atoms with Gasteiger partial charge in [0, 0.05) is 6.42 Å². The fourth-order valence-corrected chi connectivity index (χ4v) is 4.72. The Morgan fingerprint density at radius 2 is 1.31 bits per heavy atom. The fourth-order valence-electron chi connectivity index (χ4n) is 4.72. The minimum atomic E-state index is -1.40. The van der Waals surface area contributed by atoms with Gasteiger partial charge in [-0.15, -0.1) is 0 Å². The summed E-state index contributed by atoms with van der Waals surface area (Å²) >= 11 is 0. The molecule has 0 spiro atoms. The molecule has 1 aliphatic rings. The molecule has 3 aromatic carbocycles. The number of benzene rings is 3. The molecule has 0 unspecified atom stereocenters. The van der Waals surface area contributed by atoms with Crippen LogP contribution < -0.4 is 16.0 Å². The Bertz CT molecular complexity index is 1720. The van der Waals surface area contributed by atoms with Gasteiger partial charge in [0.2, 0.25) is 0 Å². The number of aromatic hydroxyl groups is 2. The maximum Gasteiger partial charge on any atom is 0.344 e. The van der Waals surface area contributed by atoms with Crippen molar-refractivity contribution in [1.29, 1.82) is 0 Å². The van der Waals surface area contributed by atoms with Crippen molar-refractivity contribution < 1.29 is 32.6 Å². The molecule has 1 aliphatic heterocycles. The van der Waals surface area contributed by atoms with Crippen LogP contribution in [0.25, 0.3) is 21.9 Å². The molecule has 0 bridgehead atoms. The van der Waals surface area contributed by atoms with Crippen molar-refractivity contribution in [2.45, 2.75) is 12.3 Å². The molecule has 0 amide bonds. The van der Waals surface area contributed by atoms with Crippen LogP contribution in [0.3, 0.4) is 0 Å². The van der Waals surface area contributed by atoms with E-state index in [0.717, 1.165) is 29.8 Å². The van der Waals surface area contributed by atoms with Gasteiger partial charge in [0.25, 0.3) is 0 Å². The summed E-state index contributed by atoms with van der Waals surface area (Å²) in [4.78, 5) is 26.4. The van der Waals surface area contributed by atoms with Crippen LogP contribution in [0.1, 0.15) is 28.2 Å². The van der Waals surface area contributed by atoms with Crippen molar-refractivity contribution >= 4 is 21.9 Å². The largest absolute Gasteiger partial charge is 0.507 e. The van der Waals surface area contributed by atoms with Crippen LogP contribution >= 0.6 is 0 Å². The molecule has 0 atom stereocenters. The molecule has 2 N–H and O–H groups in total. The standard InChI is InChI=1S/C27H16F2O7/c28-14-2-5-19-16(10-14)24(30)22(26(32)35-19)21(13-1-4-18-12(9-13)7-8-34-18)23-25(31)17-11-15(29)3-6-20(17)36-27(23)33/h1-6,9-11,21,30-31H,7-8H2. The number of halogens is 2. The van der Waals surface area contributed by atoms with Crippen molar-refractivity contribution in [3.05, 3.63) is 109 Å². The highest BCUT2D eigenvalue weighted by molar-refractivity contribution is 5.87. The number of hydrogen-bond donors (Lipinski definition) is 2. The monoisotopic (exact) mass is 490 g/mol. The fraction of sp³-hybridized carbons (Fsp3) is 0.111. The molecule has 2 aromatic heterocycles. The summed E-state index contributed by atoms with van der Waals surface area (Å²) in [6, 6.07) is 11.4.